The molecule has 0 saturated heterocycles. The van der Waals surface area contributed by atoms with Gasteiger partial charge in [0.2, 0.25) is 12.7 Å². The fourth-order valence-corrected chi connectivity index (χ4v) is 3.05. The van der Waals surface area contributed by atoms with E-state index in [1.54, 1.807) is 19.1 Å². The number of aryl methyl sites for hydroxylation is 1. The normalized spacial score (nSPS) is 12.3. The van der Waals surface area contributed by atoms with Gasteiger partial charge in [0.05, 0.1) is 17.0 Å². The van der Waals surface area contributed by atoms with Crippen LogP contribution in [0.3, 0.4) is 0 Å². The molecule has 2 aromatic rings. The zero-order chi connectivity index (χ0) is 15.7. The van der Waals surface area contributed by atoms with E-state index in [0.29, 0.717) is 27.2 Å². The SMILES string of the molecule is CC(=O)c1sc(NC(=O)Cc2ccc3c(c2)OCO3)nc1C. The van der Waals surface area contributed by atoms with Gasteiger partial charge in [0, 0.05) is 6.92 Å². The maximum absolute atomic E-state index is 12.1. The summed E-state index contributed by atoms with van der Waals surface area (Å²) >= 11 is 1.19. The second-order valence-corrected chi connectivity index (χ2v) is 5.90. The van der Waals surface area contributed by atoms with E-state index < -0.39 is 0 Å². The third-order valence-electron chi connectivity index (χ3n) is 3.16. The molecular weight excluding hydrogens is 304 g/mol. The standard InChI is InChI=1S/C15H14N2O4S/c1-8-14(9(2)18)22-15(16-8)17-13(19)6-10-3-4-11-12(5-10)21-7-20-11/h3-5H,6-7H2,1-2H3,(H,16,17,19). The molecule has 0 aliphatic carbocycles. The fraction of sp³-hybridized carbons (Fsp3) is 0.267. The summed E-state index contributed by atoms with van der Waals surface area (Å²) < 4.78 is 10.5. The van der Waals surface area contributed by atoms with Crippen LogP contribution >= 0.6 is 11.3 Å². The highest BCUT2D eigenvalue weighted by Gasteiger charge is 2.16. The Balaban J connectivity index is 1.67. The molecule has 0 fully saturated rings. The van der Waals surface area contributed by atoms with Crippen LogP contribution < -0.4 is 14.8 Å². The Kier molecular flexibility index (Phi) is 3.81. The second-order valence-electron chi connectivity index (χ2n) is 4.90. The van der Waals surface area contributed by atoms with Crippen molar-refractivity contribution in [2.75, 3.05) is 12.1 Å². The summed E-state index contributed by atoms with van der Waals surface area (Å²) in [6, 6.07) is 5.39. The Labute approximate surface area is 131 Å². The lowest BCUT2D eigenvalue weighted by atomic mass is 10.1. The van der Waals surface area contributed by atoms with Gasteiger partial charge in [-0.1, -0.05) is 17.4 Å². The summed E-state index contributed by atoms with van der Waals surface area (Å²) in [6.07, 6.45) is 0.199. The first-order valence-corrected chi connectivity index (χ1v) is 7.51. The molecule has 0 unspecified atom stereocenters. The number of carbonyl (C=O) groups is 2. The minimum atomic E-state index is -0.192. The van der Waals surface area contributed by atoms with E-state index in [1.807, 2.05) is 6.07 Å². The number of hydrogen-bond donors (Lipinski definition) is 1. The maximum atomic E-state index is 12.1. The van der Waals surface area contributed by atoms with E-state index in [0.717, 1.165) is 5.56 Å². The molecule has 0 radical (unpaired) electrons. The molecule has 1 amide bonds. The van der Waals surface area contributed by atoms with Gasteiger partial charge in [-0.3, -0.25) is 9.59 Å². The van der Waals surface area contributed by atoms with Gasteiger partial charge < -0.3 is 14.8 Å². The number of thiazole rings is 1. The number of ketones is 1. The van der Waals surface area contributed by atoms with Crippen molar-refractivity contribution in [2.45, 2.75) is 20.3 Å². The van der Waals surface area contributed by atoms with Crippen molar-refractivity contribution in [3.8, 4) is 11.5 Å². The molecule has 3 rings (SSSR count). The Morgan fingerprint density at radius 1 is 1.32 bits per heavy atom. The highest BCUT2D eigenvalue weighted by molar-refractivity contribution is 7.17. The number of ether oxygens (including phenoxy) is 2. The lowest BCUT2D eigenvalue weighted by Crippen LogP contribution is -2.14. The molecule has 6 nitrogen and oxygen atoms in total. The number of nitrogens with zero attached hydrogens (tertiary/aromatic N) is 1. The van der Waals surface area contributed by atoms with Crippen molar-refractivity contribution in [1.29, 1.82) is 0 Å². The quantitative estimate of drug-likeness (QED) is 0.877. The average molecular weight is 318 g/mol. The number of rotatable bonds is 4. The first kappa shape index (κ1) is 14.5. The molecule has 114 valence electrons. The lowest BCUT2D eigenvalue weighted by molar-refractivity contribution is -0.115. The van der Waals surface area contributed by atoms with Gasteiger partial charge >= 0.3 is 0 Å². The number of fused-ring (bicyclic) bond motifs is 1. The molecule has 1 aromatic heterocycles. The third-order valence-corrected chi connectivity index (χ3v) is 4.34. The Morgan fingerprint density at radius 3 is 2.82 bits per heavy atom. The second kappa shape index (κ2) is 5.76. The minimum absolute atomic E-state index is 0.0498. The smallest absolute Gasteiger partial charge is 0.231 e. The van der Waals surface area contributed by atoms with Crippen LogP contribution in [0.15, 0.2) is 18.2 Å². The van der Waals surface area contributed by atoms with Crippen LogP contribution in [0.5, 0.6) is 11.5 Å². The molecule has 22 heavy (non-hydrogen) atoms. The predicted octanol–water partition coefficient (Wildman–Crippen LogP) is 2.56. The number of Topliss-reactive ketones (excluding diaryl/α,β-unsaturated/α-hetero) is 1. The van der Waals surface area contributed by atoms with Crippen molar-refractivity contribution in [1.82, 2.24) is 4.98 Å². The summed E-state index contributed by atoms with van der Waals surface area (Å²) in [5, 5.41) is 3.16. The molecule has 1 aliphatic heterocycles. The molecule has 7 heteroatoms. The largest absolute Gasteiger partial charge is 0.454 e. The number of benzene rings is 1. The predicted molar refractivity (Wildman–Crippen MR) is 81.8 cm³/mol. The lowest BCUT2D eigenvalue weighted by Gasteiger charge is -2.03. The third kappa shape index (κ3) is 2.94. The topological polar surface area (TPSA) is 77.5 Å². The maximum Gasteiger partial charge on any atom is 0.231 e. The molecule has 0 bridgehead atoms. The monoisotopic (exact) mass is 318 g/mol. The Bertz CT molecular complexity index is 754. The van der Waals surface area contributed by atoms with E-state index in [9.17, 15) is 9.59 Å². The number of aromatic nitrogens is 1. The van der Waals surface area contributed by atoms with Crippen LogP contribution in [-0.4, -0.2) is 23.5 Å². The summed E-state index contributed by atoms with van der Waals surface area (Å²) in [7, 11) is 0. The van der Waals surface area contributed by atoms with Crippen LogP contribution in [0.4, 0.5) is 5.13 Å². The molecule has 1 aromatic carbocycles. The molecule has 1 aliphatic rings. The van der Waals surface area contributed by atoms with Crippen molar-refractivity contribution in [3.63, 3.8) is 0 Å². The summed E-state index contributed by atoms with van der Waals surface area (Å²) in [5.41, 5.74) is 1.46. The minimum Gasteiger partial charge on any atom is -0.454 e. The summed E-state index contributed by atoms with van der Waals surface area (Å²) in [6.45, 7) is 3.44. The van der Waals surface area contributed by atoms with Crippen LogP contribution in [0.2, 0.25) is 0 Å². The van der Waals surface area contributed by atoms with Gasteiger partial charge in [-0.05, 0) is 24.6 Å². The van der Waals surface area contributed by atoms with Crippen LogP contribution in [0, 0.1) is 6.92 Å². The van der Waals surface area contributed by atoms with Gasteiger partial charge in [-0.15, -0.1) is 0 Å². The molecule has 0 spiro atoms. The fourth-order valence-electron chi connectivity index (χ4n) is 2.18. The van der Waals surface area contributed by atoms with Crippen molar-refractivity contribution >= 4 is 28.2 Å². The van der Waals surface area contributed by atoms with Gasteiger partial charge in [0.25, 0.3) is 0 Å². The summed E-state index contributed by atoms with van der Waals surface area (Å²) in [5.74, 6) is 1.09. The highest BCUT2D eigenvalue weighted by Crippen LogP contribution is 2.32. The van der Waals surface area contributed by atoms with Crippen LogP contribution in [0.25, 0.3) is 0 Å². The van der Waals surface area contributed by atoms with Gasteiger partial charge in [-0.25, -0.2) is 4.98 Å². The van der Waals surface area contributed by atoms with Crippen LogP contribution in [0.1, 0.15) is 27.9 Å². The number of amides is 1. The average Bonchev–Trinajstić information content (AvgIpc) is 3.04. The molecule has 2 heterocycles. The summed E-state index contributed by atoms with van der Waals surface area (Å²) in [4.78, 5) is 28.2. The van der Waals surface area contributed by atoms with E-state index in [-0.39, 0.29) is 24.9 Å². The number of nitrogens with one attached hydrogen (secondary N) is 1. The first-order valence-electron chi connectivity index (χ1n) is 6.69. The number of anilines is 1. The first-order chi connectivity index (χ1) is 10.5. The molecule has 0 atom stereocenters. The van der Waals surface area contributed by atoms with E-state index in [1.165, 1.54) is 18.3 Å². The Hall–Kier alpha value is -2.41. The van der Waals surface area contributed by atoms with Crippen molar-refractivity contribution in [2.24, 2.45) is 0 Å². The highest BCUT2D eigenvalue weighted by atomic mass is 32.1. The molecule has 0 saturated carbocycles. The van der Waals surface area contributed by atoms with Crippen molar-refractivity contribution < 1.29 is 19.1 Å². The number of hydrogen-bond acceptors (Lipinski definition) is 6. The molecule has 1 N–H and O–H groups in total. The van der Waals surface area contributed by atoms with Gasteiger partial charge in [0.1, 0.15) is 0 Å². The van der Waals surface area contributed by atoms with Crippen LogP contribution in [-0.2, 0) is 11.2 Å². The van der Waals surface area contributed by atoms with Crippen molar-refractivity contribution in [3.05, 3.63) is 34.3 Å². The Morgan fingerprint density at radius 2 is 2.09 bits per heavy atom. The zero-order valence-electron chi connectivity index (χ0n) is 12.1. The molecular formula is C15H14N2O4S. The van der Waals surface area contributed by atoms with E-state index >= 15 is 0 Å². The van der Waals surface area contributed by atoms with E-state index in [4.69, 9.17) is 9.47 Å². The van der Waals surface area contributed by atoms with E-state index in [2.05, 4.69) is 10.3 Å². The number of carbonyl (C=O) groups excluding carboxylic acids is 2. The van der Waals surface area contributed by atoms with Gasteiger partial charge in [0.15, 0.2) is 22.4 Å². The van der Waals surface area contributed by atoms with Gasteiger partial charge in [-0.2, -0.15) is 0 Å². The zero-order valence-corrected chi connectivity index (χ0v) is 13.0.